The van der Waals surface area contributed by atoms with Crippen LogP contribution in [0.15, 0.2) is 89.1 Å². The number of hydrogen-bond acceptors (Lipinski definition) is 4. The summed E-state index contributed by atoms with van der Waals surface area (Å²) >= 11 is 23.5. The summed E-state index contributed by atoms with van der Waals surface area (Å²) in [6, 6.07) is 23.6. The number of carbonyl (C=O) groups excluding carboxylic acids is 1. The number of aryl methyl sites for hydroxylation is 1. The lowest BCUT2D eigenvalue weighted by Crippen LogP contribution is -2.56. The molecule has 0 fully saturated rings. The number of amides is 1. The van der Waals surface area contributed by atoms with Crippen molar-refractivity contribution in [3.63, 3.8) is 0 Å². The highest BCUT2D eigenvalue weighted by Gasteiger charge is 2.34. The molecule has 3 aromatic rings. The molecular formula is C23H20Cl3N5OS. The maximum atomic E-state index is 12.6. The van der Waals surface area contributed by atoms with E-state index in [1.165, 1.54) is 0 Å². The molecule has 6 nitrogen and oxygen atoms in total. The number of rotatable bonds is 6. The van der Waals surface area contributed by atoms with Crippen molar-refractivity contribution in [3.05, 3.63) is 90.0 Å². The van der Waals surface area contributed by atoms with Crippen LogP contribution in [0.4, 0.5) is 17.1 Å². The molecule has 0 aliphatic heterocycles. The largest absolute Gasteiger partial charge is 0.339 e. The molecule has 0 saturated heterocycles. The summed E-state index contributed by atoms with van der Waals surface area (Å²) in [7, 11) is 0. The Morgan fingerprint density at radius 3 is 2.12 bits per heavy atom. The summed E-state index contributed by atoms with van der Waals surface area (Å²) in [4.78, 5) is 12.6. The summed E-state index contributed by atoms with van der Waals surface area (Å²) in [5, 5.41) is 17.0. The van der Waals surface area contributed by atoms with Crippen LogP contribution in [0.1, 0.15) is 15.9 Å². The van der Waals surface area contributed by atoms with E-state index in [0.29, 0.717) is 16.9 Å². The number of nitrogens with one attached hydrogen (secondary N) is 3. The third-order valence-electron chi connectivity index (χ3n) is 4.32. The lowest BCUT2D eigenvalue weighted by atomic mass is 10.1. The smallest absolute Gasteiger partial charge is 0.252 e. The zero-order chi connectivity index (χ0) is 23.8. The first-order valence-corrected chi connectivity index (χ1v) is 11.3. The summed E-state index contributed by atoms with van der Waals surface area (Å²) < 4.78 is -1.85. The minimum Gasteiger partial charge on any atom is -0.339 e. The number of alkyl halides is 3. The van der Waals surface area contributed by atoms with Gasteiger partial charge in [-0.3, -0.25) is 4.79 Å². The van der Waals surface area contributed by atoms with Gasteiger partial charge in [0.05, 0.1) is 11.4 Å². The quantitative estimate of drug-likeness (QED) is 0.144. The molecule has 1 atom stereocenters. The van der Waals surface area contributed by atoms with Crippen LogP contribution in [0.3, 0.4) is 0 Å². The van der Waals surface area contributed by atoms with Crippen molar-refractivity contribution in [1.29, 1.82) is 0 Å². The maximum Gasteiger partial charge on any atom is 0.252 e. The highest BCUT2D eigenvalue weighted by molar-refractivity contribution is 7.80. The normalized spacial score (nSPS) is 12.2. The van der Waals surface area contributed by atoms with Gasteiger partial charge in [0.1, 0.15) is 6.17 Å². The number of halogens is 3. The molecule has 0 aromatic heterocycles. The second kappa shape index (κ2) is 11.4. The predicted octanol–water partition coefficient (Wildman–Crippen LogP) is 6.82. The van der Waals surface area contributed by atoms with Crippen LogP contribution in [-0.4, -0.2) is 21.0 Å². The number of thiocarbonyl (C=S) groups is 1. The van der Waals surface area contributed by atoms with E-state index in [9.17, 15) is 4.79 Å². The van der Waals surface area contributed by atoms with Crippen molar-refractivity contribution in [3.8, 4) is 0 Å². The molecule has 0 aliphatic rings. The fourth-order valence-corrected chi connectivity index (χ4v) is 3.28. The van der Waals surface area contributed by atoms with Gasteiger partial charge in [0.15, 0.2) is 5.11 Å². The first-order chi connectivity index (χ1) is 15.7. The molecule has 3 N–H and O–H groups in total. The Morgan fingerprint density at radius 2 is 1.52 bits per heavy atom. The van der Waals surface area contributed by atoms with Crippen molar-refractivity contribution in [2.24, 2.45) is 10.2 Å². The van der Waals surface area contributed by atoms with Gasteiger partial charge in [-0.2, -0.15) is 10.2 Å². The van der Waals surface area contributed by atoms with Crippen LogP contribution in [0.2, 0.25) is 0 Å². The third kappa shape index (κ3) is 7.98. The highest BCUT2D eigenvalue weighted by atomic mass is 35.6. The first kappa shape index (κ1) is 24.9. The van der Waals surface area contributed by atoms with E-state index < -0.39 is 15.9 Å². The van der Waals surface area contributed by atoms with Crippen LogP contribution in [0, 0.1) is 6.92 Å². The minimum absolute atomic E-state index is 0.162. The van der Waals surface area contributed by atoms with Crippen LogP contribution >= 0.6 is 47.0 Å². The van der Waals surface area contributed by atoms with Crippen molar-refractivity contribution < 1.29 is 4.79 Å². The lowest BCUT2D eigenvalue weighted by Gasteiger charge is -2.27. The molecule has 33 heavy (non-hydrogen) atoms. The first-order valence-electron chi connectivity index (χ1n) is 9.79. The molecule has 0 aliphatic carbocycles. The SMILES string of the molecule is Cc1cccc(C(=O)N[C@@H](NC(=S)Nc2ccc(N=Nc3ccccc3)cc2)C(Cl)(Cl)Cl)c1. The topological polar surface area (TPSA) is 77.9 Å². The van der Waals surface area contributed by atoms with E-state index in [2.05, 4.69) is 26.2 Å². The van der Waals surface area contributed by atoms with Gasteiger partial charge in [-0.25, -0.2) is 0 Å². The zero-order valence-electron chi connectivity index (χ0n) is 17.4. The molecule has 0 bridgehead atoms. The summed E-state index contributed by atoms with van der Waals surface area (Å²) in [6.45, 7) is 1.88. The fourth-order valence-electron chi connectivity index (χ4n) is 2.72. The van der Waals surface area contributed by atoms with Gasteiger partial charge >= 0.3 is 0 Å². The molecule has 1 amide bonds. The summed E-state index contributed by atoms with van der Waals surface area (Å²) in [5.41, 5.74) is 3.49. The number of carbonyl (C=O) groups is 1. The highest BCUT2D eigenvalue weighted by Crippen LogP contribution is 2.29. The second-order valence-corrected chi connectivity index (χ2v) is 9.78. The molecule has 3 rings (SSSR count). The molecule has 10 heteroatoms. The van der Waals surface area contributed by atoms with E-state index in [1.807, 2.05) is 43.3 Å². The van der Waals surface area contributed by atoms with Crippen LogP contribution < -0.4 is 16.0 Å². The third-order valence-corrected chi connectivity index (χ3v) is 5.20. The van der Waals surface area contributed by atoms with Crippen molar-refractivity contribution in [2.75, 3.05) is 5.32 Å². The summed E-state index contributed by atoms with van der Waals surface area (Å²) in [5.74, 6) is -0.404. The number of benzene rings is 3. The van der Waals surface area contributed by atoms with Gasteiger partial charge in [-0.1, -0.05) is 70.7 Å². The molecule has 0 radical (unpaired) electrons. The molecule has 0 heterocycles. The van der Waals surface area contributed by atoms with Gasteiger partial charge in [-0.05, 0) is 67.7 Å². The van der Waals surface area contributed by atoms with E-state index in [4.69, 9.17) is 47.0 Å². The van der Waals surface area contributed by atoms with Gasteiger partial charge < -0.3 is 16.0 Å². The minimum atomic E-state index is -1.85. The number of hydrogen-bond donors (Lipinski definition) is 3. The van der Waals surface area contributed by atoms with Crippen LogP contribution in [-0.2, 0) is 0 Å². The maximum absolute atomic E-state index is 12.6. The monoisotopic (exact) mass is 519 g/mol. The molecule has 0 spiro atoms. The summed E-state index contributed by atoms with van der Waals surface area (Å²) in [6.07, 6.45) is -1.07. The van der Waals surface area contributed by atoms with Gasteiger partial charge in [0.2, 0.25) is 3.79 Å². The van der Waals surface area contributed by atoms with E-state index in [-0.39, 0.29) is 5.11 Å². The van der Waals surface area contributed by atoms with Gasteiger partial charge in [0.25, 0.3) is 5.91 Å². The molecule has 170 valence electrons. The van der Waals surface area contributed by atoms with E-state index >= 15 is 0 Å². The Morgan fingerprint density at radius 1 is 0.879 bits per heavy atom. The Hall–Kier alpha value is -2.71. The molecule has 0 unspecified atom stereocenters. The van der Waals surface area contributed by atoms with Crippen LogP contribution in [0.5, 0.6) is 0 Å². The average molecular weight is 521 g/mol. The fraction of sp³-hybridized carbons (Fsp3) is 0.130. The Bertz CT molecular complexity index is 1130. The molecule has 0 saturated carbocycles. The number of nitrogens with zero attached hydrogens (tertiary/aromatic N) is 2. The predicted molar refractivity (Wildman–Crippen MR) is 139 cm³/mol. The Labute approximate surface area is 212 Å². The Balaban J connectivity index is 1.60. The average Bonchev–Trinajstić information content (AvgIpc) is 2.78. The lowest BCUT2D eigenvalue weighted by molar-refractivity contribution is 0.0934. The van der Waals surface area contributed by atoms with E-state index in [1.54, 1.807) is 42.5 Å². The number of azo groups is 1. The number of anilines is 1. The van der Waals surface area contributed by atoms with Crippen molar-refractivity contribution in [1.82, 2.24) is 10.6 Å². The second-order valence-electron chi connectivity index (χ2n) is 7.00. The molecule has 3 aromatic carbocycles. The van der Waals surface area contributed by atoms with Gasteiger partial charge in [-0.15, -0.1) is 0 Å². The zero-order valence-corrected chi connectivity index (χ0v) is 20.5. The standard InChI is InChI=1S/C23H20Cl3N5OS/c1-15-6-5-7-16(14-15)20(32)28-21(23(24,25)26)29-22(33)27-17-10-12-19(13-11-17)31-30-18-8-3-2-4-9-18/h2-14,21H,1H3,(H,28,32)(H2,27,29,33)/t21-/m0/s1. The van der Waals surface area contributed by atoms with E-state index in [0.717, 1.165) is 11.3 Å². The van der Waals surface area contributed by atoms with Crippen LogP contribution in [0.25, 0.3) is 0 Å². The Kier molecular flexibility index (Phi) is 8.63. The molecular weight excluding hydrogens is 501 g/mol. The van der Waals surface area contributed by atoms with Crippen molar-refractivity contribution >= 4 is 75.1 Å². The van der Waals surface area contributed by atoms with Gasteiger partial charge in [0, 0.05) is 11.3 Å². The van der Waals surface area contributed by atoms with Crippen molar-refractivity contribution in [2.45, 2.75) is 16.9 Å².